The van der Waals surface area contributed by atoms with E-state index in [1.54, 1.807) is 25.3 Å². The van der Waals surface area contributed by atoms with Crippen molar-refractivity contribution in [1.82, 2.24) is 0 Å². The summed E-state index contributed by atoms with van der Waals surface area (Å²) in [6.07, 6.45) is 4.35. The van der Waals surface area contributed by atoms with Gasteiger partial charge in [0.05, 0.1) is 23.6 Å². The summed E-state index contributed by atoms with van der Waals surface area (Å²) in [5.41, 5.74) is 1.16. The number of sulfone groups is 1. The molecule has 1 N–H and O–H groups in total. The van der Waals surface area contributed by atoms with Gasteiger partial charge in [0.15, 0.2) is 0 Å². The zero-order valence-corrected chi connectivity index (χ0v) is 13.1. The third-order valence-corrected chi connectivity index (χ3v) is 5.59. The van der Waals surface area contributed by atoms with Crippen LogP contribution in [-0.4, -0.2) is 33.1 Å². The molecule has 1 aliphatic rings. The highest BCUT2D eigenvalue weighted by atomic mass is 32.2. The van der Waals surface area contributed by atoms with Crippen molar-refractivity contribution in [3.05, 3.63) is 23.8 Å². The zero-order valence-electron chi connectivity index (χ0n) is 12.3. The Kier molecular flexibility index (Phi) is 4.73. The fourth-order valence-electron chi connectivity index (χ4n) is 2.81. The Labute approximate surface area is 125 Å². The lowest BCUT2D eigenvalue weighted by Crippen LogP contribution is -2.34. The molecule has 1 aliphatic carbocycles. The summed E-state index contributed by atoms with van der Waals surface area (Å²) >= 11 is 0. The first kappa shape index (κ1) is 15.6. The van der Waals surface area contributed by atoms with Crippen LogP contribution in [0.5, 0.6) is 5.75 Å². The van der Waals surface area contributed by atoms with Crippen LogP contribution in [0.4, 0.5) is 5.69 Å². The van der Waals surface area contributed by atoms with Crippen LogP contribution in [0.15, 0.2) is 18.2 Å². The van der Waals surface area contributed by atoms with E-state index < -0.39 is 9.84 Å². The molecule has 2 atom stereocenters. The fraction of sp³-hybridized carbons (Fsp3) is 0.533. The molecule has 0 amide bonds. The monoisotopic (exact) mass is 308 g/mol. The highest BCUT2D eigenvalue weighted by Gasteiger charge is 2.29. The minimum atomic E-state index is -3.02. The van der Waals surface area contributed by atoms with Gasteiger partial charge in [-0.1, -0.05) is 12.5 Å². The molecule has 1 aromatic carbocycles. The number of ether oxygens (including phenoxy) is 1. The molecule has 1 aromatic rings. The van der Waals surface area contributed by atoms with Gasteiger partial charge in [-0.05, 0) is 31.4 Å². The third kappa shape index (κ3) is 3.67. The molecule has 0 aliphatic heterocycles. The van der Waals surface area contributed by atoms with Gasteiger partial charge in [-0.15, -0.1) is 0 Å². The van der Waals surface area contributed by atoms with E-state index in [9.17, 15) is 13.7 Å². The molecule has 114 valence electrons. The van der Waals surface area contributed by atoms with E-state index >= 15 is 0 Å². The van der Waals surface area contributed by atoms with Crippen molar-refractivity contribution in [2.75, 3.05) is 18.7 Å². The average Bonchev–Trinajstić information content (AvgIpc) is 2.47. The van der Waals surface area contributed by atoms with Crippen molar-refractivity contribution >= 4 is 15.5 Å². The van der Waals surface area contributed by atoms with Crippen LogP contribution in [0.25, 0.3) is 0 Å². The van der Waals surface area contributed by atoms with Crippen molar-refractivity contribution in [2.45, 2.75) is 37.0 Å². The Hall–Kier alpha value is -1.74. The van der Waals surface area contributed by atoms with Crippen molar-refractivity contribution in [3.8, 4) is 11.8 Å². The van der Waals surface area contributed by atoms with Crippen LogP contribution in [0.2, 0.25) is 0 Å². The number of nitriles is 1. The van der Waals surface area contributed by atoms with Crippen molar-refractivity contribution in [3.63, 3.8) is 0 Å². The van der Waals surface area contributed by atoms with E-state index in [-0.39, 0.29) is 11.3 Å². The minimum absolute atomic E-state index is 0.0434. The molecule has 0 spiro atoms. The quantitative estimate of drug-likeness (QED) is 0.923. The van der Waals surface area contributed by atoms with Gasteiger partial charge < -0.3 is 10.1 Å². The van der Waals surface area contributed by atoms with E-state index in [4.69, 9.17) is 4.74 Å². The molecule has 0 saturated heterocycles. The summed E-state index contributed by atoms with van der Waals surface area (Å²) < 4.78 is 28.7. The minimum Gasteiger partial charge on any atom is -0.495 e. The number of hydrogen-bond donors (Lipinski definition) is 1. The van der Waals surface area contributed by atoms with Gasteiger partial charge in [-0.3, -0.25) is 0 Å². The molecule has 0 heterocycles. The lowest BCUT2D eigenvalue weighted by Gasteiger charge is -2.30. The summed E-state index contributed by atoms with van der Waals surface area (Å²) in [6.45, 7) is 0. The van der Waals surface area contributed by atoms with Gasteiger partial charge in [-0.25, -0.2) is 8.42 Å². The average molecular weight is 308 g/mol. The maximum atomic E-state index is 11.7. The van der Waals surface area contributed by atoms with Gasteiger partial charge in [0.2, 0.25) is 0 Å². The van der Waals surface area contributed by atoms with Crippen molar-refractivity contribution < 1.29 is 13.2 Å². The maximum Gasteiger partial charge on any atom is 0.150 e. The Bertz CT molecular complexity index is 649. The number of nitrogens with one attached hydrogen (secondary N) is 1. The number of rotatable bonds is 4. The summed E-state index contributed by atoms with van der Waals surface area (Å²) in [7, 11) is -1.46. The molecule has 0 aromatic heterocycles. The molecule has 0 bridgehead atoms. The second-order valence-electron chi connectivity index (χ2n) is 5.45. The molecule has 5 nitrogen and oxygen atoms in total. The second-order valence-corrected chi connectivity index (χ2v) is 7.78. The Morgan fingerprint density at radius 1 is 1.38 bits per heavy atom. The number of methoxy groups -OCH3 is 1. The third-order valence-electron chi connectivity index (χ3n) is 3.95. The number of benzene rings is 1. The first-order valence-corrected chi connectivity index (χ1v) is 8.93. The van der Waals surface area contributed by atoms with E-state index in [1.807, 2.05) is 0 Å². The SMILES string of the molecule is COc1cccc(C#N)c1NC1CCCC(S(C)(=O)=O)C1. The second kappa shape index (κ2) is 6.35. The van der Waals surface area contributed by atoms with Crippen LogP contribution in [-0.2, 0) is 9.84 Å². The van der Waals surface area contributed by atoms with Gasteiger partial charge in [0.1, 0.15) is 21.7 Å². The number of hydrogen-bond acceptors (Lipinski definition) is 5. The largest absolute Gasteiger partial charge is 0.495 e. The summed E-state index contributed by atoms with van der Waals surface area (Å²) in [5.74, 6) is 0.607. The highest BCUT2D eigenvalue weighted by molar-refractivity contribution is 7.91. The molecule has 1 saturated carbocycles. The van der Waals surface area contributed by atoms with E-state index in [1.165, 1.54) is 6.26 Å². The zero-order chi connectivity index (χ0) is 15.5. The Balaban J connectivity index is 2.21. The summed E-state index contributed by atoms with van der Waals surface area (Å²) in [4.78, 5) is 0. The van der Waals surface area contributed by atoms with E-state index in [0.717, 1.165) is 12.8 Å². The van der Waals surface area contributed by atoms with Gasteiger partial charge in [0.25, 0.3) is 0 Å². The van der Waals surface area contributed by atoms with Gasteiger partial charge in [0, 0.05) is 12.3 Å². The number of anilines is 1. The topological polar surface area (TPSA) is 79.2 Å². The maximum absolute atomic E-state index is 11.7. The van der Waals surface area contributed by atoms with Gasteiger partial charge in [-0.2, -0.15) is 5.26 Å². The van der Waals surface area contributed by atoms with Crippen molar-refractivity contribution in [1.29, 1.82) is 5.26 Å². The highest BCUT2D eigenvalue weighted by Crippen LogP contribution is 2.32. The van der Waals surface area contributed by atoms with Gasteiger partial charge >= 0.3 is 0 Å². The standard InChI is InChI=1S/C15H20N2O3S/c1-20-14-8-3-5-11(10-16)15(14)17-12-6-4-7-13(9-12)21(2,18)19/h3,5,8,12-13,17H,4,6-7,9H2,1-2H3. The normalized spacial score (nSPS) is 22.3. The molecular formula is C15H20N2O3S. The van der Waals surface area contributed by atoms with E-state index in [2.05, 4.69) is 11.4 Å². The molecule has 1 fully saturated rings. The number of nitrogens with zero attached hydrogens (tertiary/aromatic N) is 1. The molecular weight excluding hydrogens is 288 g/mol. The van der Waals surface area contributed by atoms with Crippen LogP contribution in [0.3, 0.4) is 0 Å². The summed E-state index contributed by atoms with van der Waals surface area (Å²) in [6, 6.07) is 7.47. The van der Waals surface area contributed by atoms with Crippen LogP contribution in [0.1, 0.15) is 31.2 Å². The lowest BCUT2D eigenvalue weighted by atomic mass is 9.94. The predicted octanol–water partition coefficient (Wildman–Crippen LogP) is 2.33. The first-order valence-electron chi connectivity index (χ1n) is 6.98. The first-order chi connectivity index (χ1) is 9.95. The Morgan fingerprint density at radius 2 is 2.14 bits per heavy atom. The van der Waals surface area contributed by atoms with Crippen LogP contribution < -0.4 is 10.1 Å². The van der Waals surface area contributed by atoms with Crippen LogP contribution in [0, 0.1) is 11.3 Å². The van der Waals surface area contributed by atoms with Crippen LogP contribution >= 0.6 is 0 Å². The predicted molar refractivity (Wildman–Crippen MR) is 82.2 cm³/mol. The molecule has 2 unspecified atom stereocenters. The molecule has 0 radical (unpaired) electrons. The molecule has 21 heavy (non-hydrogen) atoms. The lowest BCUT2D eigenvalue weighted by molar-refractivity contribution is 0.412. The molecule has 2 rings (SSSR count). The number of para-hydroxylation sites is 1. The molecule has 6 heteroatoms. The van der Waals surface area contributed by atoms with E-state index in [0.29, 0.717) is 29.8 Å². The smallest absolute Gasteiger partial charge is 0.150 e. The Morgan fingerprint density at radius 3 is 2.76 bits per heavy atom. The summed E-state index contributed by atoms with van der Waals surface area (Å²) in [5, 5.41) is 12.2. The van der Waals surface area contributed by atoms with Crippen molar-refractivity contribution in [2.24, 2.45) is 0 Å². The fourth-order valence-corrected chi connectivity index (χ4v) is 3.99.